The second-order valence-corrected chi connectivity index (χ2v) is 11.3. The van der Waals surface area contributed by atoms with Gasteiger partial charge in [-0.25, -0.2) is 0 Å². The molecule has 4 aromatic rings. The molecule has 0 amide bonds. The maximum Gasteiger partial charge on any atom is 2.00 e. The molecule has 0 atom stereocenters. The minimum absolute atomic E-state index is 0. The maximum absolute atomic E-state index is 2.38. The summed E-state index contributed by atoms with van der Waals surface area (Å²) in [6.07, 6.45) is 14.1. The smallest absolute Gasteiger partial charge is 0.165 e. The minimum atomic E-state index is 0. The van der Waals surface area contributed by atoms with Crippen molar-refractivity contribution in [1.82, 2.24) is 0 Å². The van der Waals surface area contributed by atoms with E-state index in [1.165, 1.54) is 108 Å². The molecule has 2 aliphatic carbocycles. The Balaban J connectivity index is 0.000000160. The van der Waals surface area contributed by atoms with E-state index in [2.05, 4.69) is 76.2 Å². The third kappa shape index (κ3) is 5.77. The van der Waals surface area contributed by atoms with Crippen LogP contribution in [0, 0.1) is 27.7 Å². The van der Waals surface area contributed by atoms with Gasteiger partial charge in [-0.2, -0.15) is 12.1 Å². The first-order valence-corrected chi connectivity index (χ1v) is 13.8. The zero-order valence-electron chi connectivity index (χ0n) is 22.3. The SMILES string of the molecule is Cc1cc2c(C3CCCCC3)ccc(C)c2[cH-]1.Cc1cc2c(C3CCCCC3)ccc(C)c2[cH-]1.[Zr+2]. The largest absolute Gasteiger partial charge is 2.00 e. The fourth-order valence-electron chi connectivity index (χ4n) is 6.76. The first kappa shape index (κ1) is 26.6. The number of aryl methyl sites for hydroxylation is 4. The van der Waals surface area contributed by atoms with Gasteiger partial charge in [0.2, 0.25) is 0 Å². The predicted molar refractivity (Wildman–Crippen MR) is 150 cm³/mol. The van der Waals surface area contributed by atoms with Crippen LogP contribution in [0.3, 0.4) is 0 Å². The van der Waals surface area contributed by atoms with Crippen LogP contribution in [0.4, 0.5) is 0 Å². The van der Waals surface area contributed by atoms with Crippen LogP contribution >= 0.6 is 0 Å². The van der Waals surface area contributed by atoms with Crippen molar-refractivity contribution in [3.63, 3.8) is 0 Å². The fraction of sp³-hybridized carbons (Fsp3) is 0.471. The van der Waals surface area contributed by atoms with Gasteiger partial charge in [-0.15, -0.1) is 68.1 Å². The Hall–Kier alpha value is -1.46. The van der Waals surface area contributed by atoms with Crippen molar-refractivity contribution in [2.75, 3.05) is 0 Å². The number of fused-ring (bicyclic) bond motifs is 2. The zero-order chi connectivity index (χ0) is 23.7. The molecule has 35 heavy (non-hydrogen) atoms. The molecule has 0 heterocycles. The second kappa shape index (κ2) is 11.7. The van der Waals surface area contributed by atoms with Crippen molar-refractivity contribution in [2.45, 2.75) is 104 Å². The van der Waals surface area contributed by atoms with Gasteiger partial charge in [0.25, 0.3) is 0 Å². The molecule has 6 rings (SSSR count). The van der Waals surface area contributed by atoms with Gasteiger partial charge in [0.1, 0.15) is 0 Å². The number of hydrogen-bond acceptors (Lipinski definition) is 0. The summed E-state index contributed by atoms with van der Waals surface area (Å²) in [5.41, 5.74) is 8.88. The molecule has 2 fully saturated rings. The monoisotopic (exact) mass is 540 g/mol. The van der Waals surface area contributed by atoms with Crippen molar-refractivity contribution in [1.29, 1.82) is 0 Å². The molecule has 0 radical (unpaired) electrons. The van der Waals surface area contributed by atoms with Gasteiger partial charge in [-0.1, -0.05) is 89.5 Å². The molecule has 0 aliphatic heterocycles. The molecule has 0 N–H and O–H groups in total. The van der Waals surface area contributed by atoms with Gasteiger partial charge in [0.05, 0.1) is 0 Å². The van der Waals surface area contributed by atoms with E-state index in [0.29, 0.717) is 0 Å². The third-order valence-electron chi connectivity index (χ3n) is 8.66. The van der Waals surface area contributed by atoms with Gasteiger partial charge >= 0.3 is 26.2 Å². The van der Waals surface area contributed by atoms with Gasteiger partial charge < -0.3 is 0 Å². The Morgan fingerprint density at radius 2 is 0.914 bits per heavy atom. The Labute approximate surface area is 232 Å². The predicted octanol–water partition coefficient (Wildman–Crippen LogP) is 10.4. The summed E-state index contributed by atoms with van der Waals surface area (Å²) in [6.45, 7) is 8.88. The van der Waals surface area contributed by atoms with Crippen molar-refractivity contribution >= 4 is 21.5 Å². The van der Waals surface area contributed by atoms with E-state index in [0.717, 1.165) is 11.8 Å². The molecule has 4 aromatic carbocycles. The summed E-state index contributed by atoms with van der Waals surface area (Å²) in [7, 11) is 0. The Bertz CT molecular complexity index is 1150. The molecule has 182 valence electrons. The fourth-order valence-corrected chi connectivity index (χ4v) is 6.76. The van der Waals surface area contributed by atoms with Crippen LogP contribution in [0.25, 0.3) is 21.5 Å². The molecular formula is C34H42Zr. The molecule has 1 heteroatoms. The molecule has 2 saturated carbocycles. The summed E-state index contributed by atoms with van der Waals surface area (Å²) in [6, 6.07) is 18.8. The van der Waals surface area contributed by atoms with E-state index in [-0.39, 0.29) is 26.2 Å². The van der Waals surface area contributed by atoms with Crippen molar-refractivity contribution in [3.8, 4) is 0 Å². The third-order valence-corrected chi connectivity index (χ3v) is 8.66. The summed E-state index contributed by atoms with van der Waals surface area (Å²) < 4.78 is 0. The van der Waals surface area contributed by atoms with E-state index in [9.17, 15) is 0 Å². The van der Waals surface area contributed by atoms with Crippen molar-refractivity contribution in [2.24, 2.45) is 0 Å². The average molecular weight is 542 g/mol. The quantitative estimate of drug-likeness (QED) is 0.221. The van der Waals surface area contributed by atoms with Crippen LogP contribution in [0.1, 0.15) is 109 Å². The van der Waals surface area contributed by atoms with E-state index >= 15 is 0 Å². The van der Waals surface area contributed by atoms with E-state index < -0.39 is 0 Å². The normalized spacial score (nSPS) is 17.3. The molecule has 0 spiro atoms. The second-order valence-electron chi connectivity index (χ2n) is 11.3. The van der Waals surface area contributed by atoms with Crippen LogP contribution in [0.5, 0.6) is 0 Å². The molecule has 0 bridgehead atoms. The van der Waals surface area contributed by atoms with Gasteiger partial charge in [0.15, 0.2) is 0 Å². The van der Waals surface area contributed by atoms with Crippen LogP contribution < -0.4 is 0 Å². The summed E-state index contributed by atoms with van der Waals surface area (Å²) in [5, 5.41) is 6.00. The summed E-state index contributed by atoms with van der Waals surface area (Å²) in [4.78, 5) is 0. The Kier molecular flexibility index (Phi) is 8.91. The van der Waals surface area contributed by atoms with E-state index in [1.807, 2.05) is 0 Å². The van der Waals surface area contributed by atoms with Crippen LogP contribution in [-0.4, -0.2) is 0 Å². The molecule has 0 aromatic heterocycles. The topological polar surface area (TPSA) is 0 Å². The zero-order valence-corrected chi connectivity index (χ0v) is 24.8. The van der Waals surface area contributed by atoms with Crippen molar-refractivity contribution < 1.29 is 26.2 Å². The number of hydrogen-bond donors (Lipinski definition) is 0. The first-order chi connectivity index (χ1) is 16.5. The minimum Gasteiger partial charge on any atom is -0.165 e. The Morgan fingerprint density at radius 3 is 1.29 bits per heavy atom. The standard InChI is InChI=1S/2C17H21.Zr/c2*1-12-10-16-13(2)8-9-15(17(16)11-12)14-6-4-3-5-7-14;/h2*8-11,14H,3-7H2,1-2H3;/q2*-1;+2. The van der Waals surface area contributed by atoms with Crippen LogP contribution in [-0.2, 0) is 26.2 Å². The maximum atomic E-state index is 2.38. The van der Waals surface area contributed by atoms with Gasteiger partial charge in [-0.05, 0) is 37.5 Å². The average Bonchev–Trinajstić information content (AvgIpc) is 3.44. The van der Waals surface area contributed by atoms with Gasteiger partial charge in [0, 0.05) is 0 Å². The number of rotatable bonds is 2. The molecule has 0 nitrogen and oxygen atoms in total. The van der Waals surface area contributed by atoms with E-state index in [1.54, 1.807) is 11.1 Å². The van der Waals surface area contributed by atoms with Crippen LogP contribution in [0.2, 0.25) is 0 Å². The summed E-state index contributed by atoms with van der Waals surface area (Å²) in [5.74, 6) is 1.63. The first-order valence-electron chi connectivity index (χ1n) is 13.8. The Morgan fingerprint density at radius 1 is 0.543 bits per heavy atom. The molecular weight excluding hydrogens is 500 g/mol. The molecule has 0 unspecified atom stereocenters. The summed E-state index contributed by atoms with van der Waals surface area (Å²) >= 11 is 0. The molecule has 0 saturated heterocycles. The van der Waals surface area contributed by atoms with Crippen LogP contribution in [0.15, 0.2) is 48.5 Å². The van der Waals surface area contributed by atoms with Gasteiger partial charge in [-0.3, -0.25) is 0 Å². The molecule has 2 aliphatic rings. The number of benzene rings is 2. The van der Waals surface area contributed by atoms with Crippen molar-refractivity contribution in [3.05, 3.63) is 81.9 Å². The van der Waals surface area contributed by atoms with E-state index in [4.69, 9.17) is 0 Å².